The molecule has 0 bridgehead atoms. The Kier molecular flexibility index (Phi) is 12.5. The molecule has 36 heavy (non-hydrogen) atoms. The first-order chi connectivity index (χ1) is 16.7. The fraction of sp³-hybridized carbons (Fsp3) is 0.625. The van der Waals surface area contributed by atoms with Crippen LogP contribution >= 0.6 is 0 Å². The lowest BCUT2D eigenvalue weighted by molar-refractivity contribution is -0.146. The monoisotopic (exact) mass is 529 g/mol. The minimum absolute atomic E-state index is 0.0479. The summed E-state index contributed by atoms with van der Waals surface area (Å²) in [7, 11) is -4.15. The summed E-state index contributed by atoms with van der Waals surface area (Å²) in [5.41, 5.74) is 0.785. The van der Waals surface area contributed by atoms with E-state index in [0.717, 1.165) is 9.87 Å². The average Bonchev–Trinajstić information content (AvgIpc) is 2.80. The summed E-state index contributed by atoms with van der Waals surface area (Å²) >= 11 is 0. The molecule has 0 aliphatic heterocycles. The Morgan fingerprint density at radius 3 is 2.00 bits per heavy atom. The normalized spacial score (nSPS) is 16.2. The molecule has 204 valence electrons. The number of benzene rings is 1. The zero-order valence-electron chi connectivity index (χ0n) is 21.4. The molecule has 0 radical (unpaired) electrons. The summed E-state index contributed by atoms with van der Waals surface area (Å²) in [5.74, 6) is -5.76. The number of rotatable bonds is 16. The zero-order chi connectivity index (χ0) is 27.6. The number of hydrogen-bond donors (Lipinski definition) is 5. The van der Waals surface area contributed by atoms with Crippen LogP contribution < -0.4 is 10.0 Å². The van der Waals surface area contributed by atoms with Crippen molar-refractivity contribution in [1.82, 2.24) is 14.3 Å². The molecule has 5 N–H and O–H groups in total. The zero-order valence-corrected chi connectivity index (χ0v) is 22.2. The van der Waals surface area contributed by atoms with Crippen LogP contribution in [0.4, 0.5) is 0 Å². The fourth-order valence-corrected chi connectivity index (χ4v) is 4.82. The number of aliphatic hydroxyl groups excluding tert-OH is 1. The highest BCUT2D eigenvalue weighted by atomic mass is 32.2. The average molecular weight is 530 g/mol. The molecule has 1 rings (SSSR count). The molecular weight excluding hydrogens is 490 g/mol. The predicted octanol–water partition coefficient (Wildman–Crippen LogP) is 0.945. The maximum Gasteiger partial charge on any atom is 0.307 e. The van der Waals surface area contributed by atoms with E-state index >= 15 is 0 Å². The number of nitrogens with one attached hydrogen (secondary N) is 2. The van der Waals surface area contributed by atoms with E-state index in [1.165, 1.54) is 20.8 Å². The third kappa shape index (κ3) is 10.2. The Balaban J connectivity index is 3.16. The second kappa shape index (κ2) is 14.3. The summed E-state index contributed by atoms with van der Waals surface area (Å²) in [4.78, 5) is 35.2. The van der Waals surface area contributed by atoms with E-state index in [1.807, 2.05) is 6.07 Å². The number of carbonyl (C=O) groups is 3. The van der Waals surface area contributed by atoms with Crippen molar-refractivity contribution in [3.8, 4) is 0 Å². The van der Waals surface area contributed by atoms with Crippen molar-refractivity contribution in [3.63, 3.8) is 0 Å². The quantitative estimate of drug-likeness (QED) is 0.210. The second-order valence-corrected chi connectivity index (χ2v) is 11.3. The number of hydrogen-bond acceptors (Lipinski definition) is 6. The summed E-state index contributed by atoms with van der Waals surface area (Å²) < 4.78 is 29.2. The van der Waals surface area contributed by atoms with Crippen LogP contribution in [-0.2, 0) is 31.0 Å². The molecule has 0 aliphatic rings. The molecule has 1 aromatic rings. The number of aliphatic hydroxyl groups is 1. The number of carbonyl (C=O) groups excluding carboxylic acids is 1. The van der Waals surface area contributed by atoms with Crippen molar-refractivity contribution in [2.24, 2.45) is 23.7 Å². The van der Waals surface area contributed by atoms with Crippen molar-refractivity contribution in [2.75, 3.05) is 19.6 Å². The molecule has 0 spiro atoms. The van der Waals surface area contributed by atoms with Gasteiger partial charge in [-0.2, -0.15) is 12.7 Å². The summed E-state index contributed by atoms with van der Waals surface area (Å²) in [6, 6.07) is 8.08. The van der Waals surface area contributed by atoms with E-state index < -0.39 is 58.0 Å². The lowest BCUT2D eigenvalue weighted by Crippen LogP contribution is -2.54. The summed E-state index contributed by atoms with van der Waals surface area (Å²) in [5, 5.41) is 32.1. The molecule has 0 saturated heterocycles. The smallest absolute Gasteiger partial charge is 0.307 e. The number of amides is 1. The van der Waals surface area contributed by atoms with Crippen LogP contribution in [0.15, 0.2) is 30.3 Å². The number of nitrogens with zero attached hydrogens (tertiary/aromatic N) is 1. The van der Waals surface area contributed by atoms with E-state index in [0.29, 0.717) is 0 Å². The van der Waals surface area contributed by atoms with Gasteiger partial charge in [-0.3, -0.25) is 14.4 Å². The van der Waals surface area contributed by atoms with Gasteiger partial charge in [0.25, 0.3) is 10.2 Å². The van der Waals surface area contributed by atoms with Gasteiger partial charge in [0.1, 0.15) is 0 Å². The Bertz CT molecular complexity index is 971. The largest absolute Gasteiger partial charge is 0.481 e. The molecule has 0 fully saturated rings. The van der Waals surface area contributed by atoms with Gasteiger partial charge >= 0.3 is 11.9 Å². The molecule has 5 atom stereocenters. The van der Waals surface area contributed by atoms with Crippen LogP contribution in [0.1, 0.15) is 40.2 Å². The summed E-state index contributed by atoms with van der Waals surface area (Å²) in [6.45, 7) is 7.22. The van der Waals surface area contributed by atoms with E-state index in [9.17, 15) is 33.0 Å². The molecule has 12 heteroatoms. The molecule has 0 aliphatic carbocycles. The van der Waals surface area contributed by atoms with Crippen molar-refractivity contribution in [3.05, 3.63) is 35.9 Å². The molecule has 0 saturated carbocycles. The standard InChI is InChI=1S/C24H39N3O8S/c1-15(2)13-27(36(34,35)25-12-16(3)23(30)31)14-21(28)20(11-19-9-7-6-8-10-19)26-22(29)17(4)18(5)24(32)33/h6-10,15-18,20-21,25,28H,11-14H2,1-5H3,(H,26,29)(H,30,31)(H,32,33)/t16?,17-,18?,20+,21-/m1/s1. The minimum atomic E-state index is -4.15. The first-order valence-corrected chi connectivity index (χ1v) is 13.3. The van der Waals surface area contributed by atoms with Gasteiger partial charge in [-0.1, -0.05) is 65.0 Å². The van der Waals surface area contributed by atoms with Gasteiger partial charge in [0.05, 0.1) is 24.0 Å². The highest BCUT2D eigenvalue weighted by molar-refractivity contribution is 7.87. The molecule has 0 aromatic heterocycles. The number of carboxylic acids is 2. The molecule has 1 amide bonds. The number of aliphatic carboxylic acids is 2. The van der Waals surface area contributed by atoms with Crippen molar-refractivity contribution < 1.29 is 38.1 Å². The summed E-state index contributed by atoms with van der Waals surface area (Å²) in [6.07, 6.45) is -1.16. The SMILES string of the molecule is CC(C)CN(C[C@@H](O)[C@H](Cc1ccccc1)NC(=O)[C@H](C)C(C)C(=O)O)S(=O)(=O)NCC(C)C(=O)O. The van der Waals surface area contributed by atoms with E-state index in [-0.39, 0.29) is 32.0 Å². The van der Waals surface area contributed by atoms with Gasteiger partial charge in [-0.05, 0) is 17.9 Å². The first kappa shape index (κ1) is 31.5. The lowest BCUT2D eigenvalue weighted by Gasteiger charge is -2.31. The Morgan fingerprint density at radius 2 is 1.50 bits per heavy atom. The lowest BCUT2D eigenvalue weighted by atomic mass is 9.93. The maximum atomic E-state index is 13.0. The van der Waals surface area contributed by atoms with Gasteiger partial charge in [-0.15, -0.1) is 0 Å². The van der Waals surface area contributed by atoms with Crippen LogP contribution in [0.2, 0.25) is 0 Å². The first-order valence-electron chi connectivity index (χ1n) is 11.9. The highest BCUT2D eigenvalue weighted by Gasteiger charge is 2.33. The third-order valence-electron chi connectivity index (χ3n) is 5.94. The van der Waals surface area contributed by atoms with Gasteiger partial charge in [-0.25, -0.2) is 4.72 Å². The van der Waals surface area contributed by atoms with Crippen LogP contribution in [-0.4, -0.2) is 77.7 Å². The van der Waals surface area contributed by atoms with Crippen molar-refractivity contribution in [2.45, 2.75) is 53.2 Å². The number of carboxylic acid groups (broad SMARTS) is 2. The van der Waals surface area contributed by atoms with Gasteiger partial charge in [0.15, 0.2) is 0 Å². The minimum Gasteiger partial charge on any atom is -0.481 e. The molecule has 0 heterocycles. The van der Waals surface area contributed by atoms with Crippen LogP contribution in [0, 0.1) is 23.7 Å². The Morgan fingerprint density at radius 1 is 0.917 bits per heavy atom. The van der Waals surface area contributed by atoms with Crippen LogP contribution in [0.25, 0.3) is 0 Å². The highest BCUT2D eigenvalue weighted by Crippen LogP contribution is 2.15. The van der Waals surface area contributed by atoms with Crippen LogP contribution in [0.3, 0.4) is 0 Å². The van der Waals surface area contributed by atoms with Crippen molar-refractivity contribution >= 4 is 28.1 Å². The Labute approximate surface area is 213 Å². The second-order valence-electron chi connectivity index (χ2n) is 9.59. The van der Waals surface area contributed by atoms with Gasteiger partial charge in [0.2, 0.25) is 5.91 Å². The molecule has 2 unspecified atom stereocenters. The molecular formula is C24H39N3O8S. The topological polar surface area (TPSA) is 173 Å². The fourth-order valence-electron chi connectivity index (χ4n) is 3.33. The third-order valence-corrected chi connectivity index (χ3v) is 7.45. The van der Waals surface area contributed by atoms with E-state index in [1.54, 1.807) is 38.1 Å². The van der Waals surface area contributed by atoms with E-state index in [2.05, 4.69) is 10.0 Å². The predicted molar refractivity (Wildman–Crippen MR) is 134 cm³/mol. The molecule has 1 aromatic carbocycles. The van der Waals surface area contributed by atoms with Gasteiger partial charge in [0, 0.05) is 25.6 Å². The molecule has 11 nitrogen and oxygen atoms in total. The van der Waals surface area contributed by atoms with Crippen molar-refractivity contribution in [1.29, 1.82) is 0 Å². The Hall–Kier alpha value is -2.54. The van der Waals surface area contributed by atoms with Crippen LogP contribution in [0.5, 0.6) is 0 Å². The van der Waals surface area contributed by atoms with Gasteiger partial charge < -0.3 is 20.6 Å². The maximum absolute atomic E-state index is 13.0. The van der Waals surface area contributed by atoms with E-state index in [4.69, 9.17) is 5.11 Å².